The second kappa shape index (κ2) is 66.0. The number of benzene rings is 1. The Bertz CT molecular complexity index is 4350. The van der Waals surface area contributed by atoms with Crippen molar-refractivity contribution in [2.24, 2.45) is 46.4 Å². The number of hydrogen-bond acceptors (Lipinski definition) is 28. The molecule has 36 N–H and O–H groups in total. The minimum absolute atomic E-state index is 0.00314. The first-order valence-corrected chi connectivity index (χ1v) is 46.7. The molecule has 0 spiro atoms. The standard InChI is InChI=1S/C85H141N25O28S/c1-10-43(5)36-61(114)109-68(46(8)112)83(138)108-59(41-111)81(136)105-56(37-47-19-13-12-14-20-47)78(133)103-54(26-29-65(120)121)75(130)102-52(24-27-63(116)117)72(127)96-45(7)70(125)99-49(21-15-16-31-86)71(126)95-40-62(115)97-55(35-42(3)4)77(132)106-58(39-66(122)123)80(135)101-51(23-18-33-94-85(91)92)76(131)110-67(44(6)11-2)82(137)107-57(38-60(87)113)79(134)104-53(25-28-64(118)119)74(129)100-50(22-17-32-93-84(89)90)73(128)98-48(69(88)124)30-34-139-9/h12-14,19-20,42-46,48-59,67-68,111-112H,10-11,15-18,21-41,86H2,1-9H3,(H2,87,113)(H2,88,124)(H,95,126)(H,96,127)(H,97,115)(H,98,128)(H,99,125)(H,100,129)(H,101,135)(H,102,130)(H,103,133)(H,104,134)(H,105,136)(H,106,132)(H,107,137)(H,108,138)(H,109,114)(H,110,131)(H,116,117)(H,118,119)(H,120,121)(H,122,123)(H4,89,90,93)(H4,91,92,94). The van der Waals surface area contributed by atoms with Crippen molar-refractivity contribution in [1.82, 2.24) is 95.7 Å². The maximum atomic E-state index is 14.6. The molecule has 0 aliphatic rings. The molecule has 0 aliphatic heterocycles. The van der Waals surface area contributed by atoms with Crippen LogP contribution in [0.2, 0.25) is 0 Å². The summed E-state index contributed by atoms with van der Waals surface area (Å²) >= 11 is 1.33. The number of aliphatic hydroxyl groups is 2. The summed E-state index contributed by atoms with van der Waals surface area (Å²) in [6.45, 7) is 10.1. The number of rotatable bonds is 71. The smallest absolute Gasteiger partial charge is 0.305 e. The lowest BCUT2D eigenvalue weighted by atomic mass is 9.96. The summed E-state index contributed by atoms with van der Waals surface area (Å²) in [6, 6.07) is -18.0. The molecular formula is C85H141N25O28S. The fourth-order valence-electron chi connectivity index (χ4n) is 13.2. The predicted octanol–water partition coefficient (Wildman–Crippen LogP) is -8.62. The van der Waals surface area contributed by atoms with Crippen LogP contribution in [-0.4, -0.2) is 314 Å². The van der Waals surface area contributed by atoms with E-state index in [1.165, 1.54) is 25.6 Å². The Balaban J connectivity index is 3.67. The van der Waals surface area contributed by atoms with Crippen molar-refractivity contribution in [2.75, 3.05) is 44.8 Å². The van der Waals surface area contributed by atoms with Gasteiger partial charge in [-0.25, -0.2) is 0 Å². The largest absolute Gasteiger partial charge is 0.481 e. The third kappa shape index (κ3) is 50.8. The third-order valence-electron chi connectivity index (χ3n) is 21.3. The highest BCUT2D eigenvalue weighted by molar-refractivity contribution is 7.98. The van der Waals surface area contributed by atoms with E-state index in [0.29, 0.717) is 17.7 Å². The molecule has 0 saturated carbocycles. The van der Waals surface area contributed by atoms with Gasteiger partial charge in [0.25, 0.3) is 0 Å². The SMILES string of the molecule is CCC(C)CC(=O)NC(C(=O)NC(CO)C(=O)NC(Cc1ccccc1)C(=O)NC(CCC(=O)O)C(=O)NC(CCC(=O)O)C(=O)NC(C)C(=O)NC(CCCCN)C(=O)NCC(=O)NC(CC(C)C)C(=O)NC(CC(=O)O)C(=O)NC(CCCNC(=N)N)C(=O)NC(C(=O)NC(CC(N)=O)C(=O)NC(CCC(=O)O)C(=O)NC(CCCNC(=N)N)C(=O)NC(CCSC)C(N)=O)C(C)CC)C(C)O. The van der Waals surface area contributed by atoms with Crippen LogP contribution in [0.25, 0.3) is 0 Å². The van der Waals surface area contributed by atoms with Crippen LogP contribution in [0.1, 0.15) is 189 Å². The lowest BCUT2D eigenvalue weighted by Gasteiger charge is -2.29. The first-order chi connectivity index (χ1) is 65.3. The van der Waals surface area contributed by atoms with Crippen molar-refractivity contribution in [3.05, 3.63) is 35.9 Å². The number of unbranched alkanes of at least 4 members (excludes halogenated alkanes) is 1. The maximum Gasteiger partial charge on any atom is 0.305 e. The van der Waals surface area contributed by atoms with E-state index in [9.17, 15) is 136 Å². The van der Waals surface area contributed by atoms with Crippen LogP contribution in [0.3, 0.4) is 0 Å². The zero-order valence-corrected chi connectivity index (χ0v) is 80.2. The van der Waals surface area contributed by atoms with Crippen molar-refractivity contribution in [3.63, 3.8) is 0 Å². The van der Waals surface area contributed by atoms with Crippen LogP contribution in [0.15, 0.2) is 30.3 Å². The van der Waals surface area contributed by atoms with Crippen molar-refractivity contribution < 1.29 is 136 Å². The first kappa shape index (κ1) is 123. The molecule has 780 valence electrons. The summed E-state index contributed by atoms with van der Waals surface area (Å²) in [5.74, 6) is -28.5. The second-order valence-corrected chi connectivity index (χ2v) is 34.6. The topological polar surface area (TPSA) is 891 Å². The van der Waals surface area contributed by atoms with Crippen LogP contribution in [-0.2, 0) is 112 Å². The molecule has 0 aliphatic carbocycles. The summed E-state index contributed by atoms with van der Waals surface area (Å²) in [5, 5.41) is 118. The van der Waals surface area contributed by atoms with Crippen molar-refractivity contribution >= 4 is 154 Å². The molecule has 1 aromatic carbocycles. The van der Waals surface area contributed by atoms with Crippen LogP contribution in [0.5, 0.6) is 0 Å². The highest BCUT2D eigenvalue weighted by atomic mass is 32.2. The predicted molar refractivity (Wildman–Crippen MR) is 500 cm³/mol. The molecule has 1 aromatic rings. The third-order valence-corrected chi connectivity index (χ3v) is 22.0. The Labute approximate surface area is 807 Å². The van der Waals surface area contributed by atoms with Crippen LogP contribution in [0.4, 0.5) is 0 Å². The molecule has 18 unspecified atom stereocenters. The first-order valence-electron chi connectivity index (χ1n) is 45.3. The van der Waals surface area contributed by atoms with E-state index in [-0.39, 0.29) is 96.2 Å². The molecule has 0 aromatic heterocycles. The fraction of sp³-hybridized carbons (Fsp3) is 0.647. The van der Waals surface area contributed by atoms with Gasteiger partial charge in [0.1, 0.15) is 90.6 Å². The number of nitrogens with one attached hydrogen (secondary N) is 20. The highest BCUT2D eigenvalue weighted by Crippen LogP contribution is 2.17. The van der Waals surface area contributed by atoms with Gasteiger partial charge in [-0.1, -0.05) is 84.7 Å². The fourth-order valence-corrected chi connectivity index (χ4v) is 13.7. The number of primary amides is 2. The minimum Gasteiger partial charge on any atom is -0.481 e. The van der Waals surface area contributed by atoms with Crippen molar-refractivity contribution in [1.29, 1.82) is 10.8 Å². The van der Waals surface area contributed by atoms with E-state index in [1.807, 2.05) is 6.92 Å². The van der Waals surface area contributed by atoms with Gasteiger partial charge in [-0.3, -0.25) is 116 Å². The van der Waals surface area contributed by atoms with Gasteiger partial charge < -0.3 is 155 Å². The quantitative estimate of drug-likeness (QED) is 0.0164. The molecule has 18 amide bonds. The molecule has 54 heteroatoms. The Hall–Kier alpha value is -13.7. The van der Waals surface area contributed by atoms with Crippen LogP contribution >= 0.6 is 11.8 Å². The van der Waals surface area contributed by atoms with Gasteiger partial charge in [0.2, 0.25) is 106 Å². The molecule has 0 radical (unpaired) electrons. The molecule has 0 bridgehead atoms. The number of hydrogen-bond donors (Lipinski definition) is 31. The van der Waals surface area contributed by atoms with E-state index >= 15 is 0 Å². The van der Waals surface area contributed by atoms with E-state index in [4.69, 9.17) is 39.5 Å². The monoisotopic (exact) mass is 1990 g/mol. The Morgan fingerprint density at radius 2 is 0.777 bits per heavy atom. The van der Waals surface area contributed by atoms with Crippen molar-refractivity contribution in [2.45, 2.75) is 287 Å². The number of carboxylic acid groups (broad SMARTS) is 4. The van der Waals surface area contributed by atoms with Gasteiger partial charge in [0.15, 0.2) is 11.9 Å². The van der Waals surface area contributed by atoms with Crippen LogP contribution in [0, 0.1) is 28.6 Å². The van der Waals surface area contributed by atoms with E-state index in [0.717, 1.165) is 6.92 Å². The number of carboxylic acids is 4. The summed E-state index contributed by atoms with van der Waals surface area (Å²) in [7, 11) is 0. The summed E-state index contributed by atoms with van der Waals surface area (Å²) < 4.78 is 0. The molecule has 0 saturated heterocycles. The summed E-state index contributed by atoms with van der Waals surface area (Å²) in [5.41, 5.74) is 28.1. The Morgan fingerprint density at radius 1 is 0.381 bits per heavy atom. The lowest BCUT2D eigenvalue weighted by molar-refractivity contribution is -0.142. The molecule has 139 heavy (non-hydrogen) atoms. The molecule has 18 atom stereocenters. The van der Waals surface area contributed by atoms with Gasteiger partial charge in [-0.05, 0) is 133 Å². The summed E-state index contributed by atoms with van der Waals surface area (Å²) in [6.07, 6.45) is -6.78. The number of carbonyl (C=O) groups excluding carboxylic acids is 18. The average molecular weight is 1990 g/mol. The normalized spacial score (nSPS) is 14.9. The van der Waals surface area contributed by atoms with Gasteiger partial charge in [0, 0.05) is 45.2 Å². The molecule has 53 nitrogen and oxygen atoms in total. The average Bonchev–Trinajstić information content (AvgIpc) is 0.843. The molecule has 1 rings (SSSR count). The van der Waals surface area contributed by atoms with E-state index in [2.05, 4.69) is 95.7 Å². The van der Waals surface area contributed by atoms with Gasteiger partial charge in [-0.2, -0.15) is 11.8 Å². The highest BCUT2D eigenvalue weighted by Gasteiger charge is 2.41. The van der Waals surface area contributed by atoms with Crippen LogP contribution < -0.4 is 124 Å². The number of thioether (sulfide) groups is 1. The number of aliphatic carboxylic acids is 4. The molecule has 0 heterocycles. The zero-order chi connectivity index (χ0) is 105. The van der Waals surface area contributed by atoms with Crippen molar-refractivity contribution in [3.8, 4) is 0 Å². The van der Waals surface area contributed by atoms with Gasteiger partial charge >= 0.3 is 23.9 Å². The lowest BCUT2D eigenvalue weighted by Crippen LogP contribution is -2.61. The molecule has 0 fully saturated rings. The summed E-state index contributed by atoms with van der Waals surface area (Å²) in [4.78, 5) is 298. The van der Waals surface area contributed by atoms with Gasteiger partial charge in [0.05, 0.1) is 32.1 Å². The number of aliphatic hydroxyl groups excluding tert-OH is 2. The van der Waals surface area contributed by atoms with E-state index < -0.39 is 322 Å². The number of carbonyl (C=O) groups is 22. The zero-order valence-electron chi connectivity index (χ0n) is 79.4. The Kier molecular flexibility index (Phi) is 58.5. The van der Waals surface area contributed by atoms with Gasteiger partial charge in [-0.15, -0.1) is 0 Å². The Morgan fingerprint density at radius 3 is 1.21 bits per heavy atom. The maximum absolute atomic E-state index is 14.6. The van der Waals surface area contributed by atoms with E-state index in [1.54, 1.807) is 64.3 Å². The minimum atomic E-state index is -2.08. The number of nitrogens with two attached hydrogens (primary N) is 5. The number of guanidine groups is 2. The second-order valence-electron chi connectivity index (χ2n) is 33.6. The molecular weight excluding hydrogens is 1850 g/mol. The number of amides is 18.